The number of benzene rings is 2. The van der Waals surface area contributed by atoms with Crippen LogP contribution in [0.1, 0.15) is 37.9 Å². The van der Waals surface area contributed by atoms with Crippen LogP contribution in [0.3, 0.4) is 0 Å². The van der Waals surface area contributed by atoms with Crippen molar-refractivity contribution in [2.24, 2.45) is 4.99 Å². The van der Waals surface area contributed by atoms with E-state index in [1.54, 1.807) is 55.3 Å². The third kappa shape index (κ3) is 6.28. The van der Waals surface area contributed by atoms with Crippen molar-refractivity contribution < 1.29 is 28.9 Å². The largest absolute Gasteiger partial charge is 0.493 e. The van der Waals surface area contributed by atoms with Crippen LogP contribution in [0.5, 0.6) is 11.5 Å². The van der Waals surface area contributed by atoms with E-state index in [0.29, 0.717) is 41.2 Å². The van der Waals surface area contributed by atoms with Crippen molar-refractivity contribution in [2.45, 2.75) is 37.8 Å². The number of halogens is 1. The molecule has 4 rings (SSSR count). The first-order chi connectivity index (χ1) is 19.0. The Morgan fingerprint density at radius 1 is 1.25 bits per heavy atom. The SMILES string of the molecule is COc1cc(/C=c2\sc3n(c2=O)[C@@H](c2ccc(SC)cc2)C(C(=O)OC(C)C)=C(C)N=3)cc(I)c1OCC(=O)O. The Kier molecular flexibility index (Phi) is 9.41. The minimum atomic E-state index is -1.10. The lowest BCUT2D eigenvalue weighted by Gasteiger charge is -2.25. The average molecular weight is 695 g/mol. The number of thiazole rings is 1. The van der Waals surface area contributed by atoms with E-state index < -0.39 is 24.6 Å². The number of ether oxygens (including phenoxy) is 3. The van der Waals surface area contributed by atoms with Gasteiger partial charge in [-0.05, 0) is 91.1 Å². The lowest BCUT2D eigenvalue weighted by Crippen LogP contribution is -2.40. The van der Waals surface area contributed by atoms with Gasteiger partial charge in [0, 0.05) is 4.90 Å². The Morgan fingerprint density at radius 3 is 2.55 bits per heavy atom. The number of carboxylic acid groups (broad SMARTS) is 1. The number of aromatic nitrogens is 1. The summed E-state index contributed by atoms with van der Waals surface area (Å²) in [4.78, 5) is 44.3. The zero-order valence-corrected chi connectivity index (χ0v) is 26.2. The van der Waals surface area contributed by atoms with E-state index in [2.05, 4.69) is 4.99 Å². The summed E-state index contributed by atoms with van der Waals surface area (Å²) in [5, 5.41) is 8.98. The number of fused-ring (bicyclic) bond motifs is 1. The Labute approximate surface area is 252 Å². The van der Waals surface area contributed by atoms with Crippen LogP contribution in [0.25, 0.3) is 6.08 Å². The lowest BCUT2D eigenvalue weighted by molar-refractivity contribution is -0.143. The highest BCUT2D eigenvalue weighted by Gasteiger charge is 2.33. The number of carbonyl (C=O) groups excluding carboxylic acids is 1. The summed E-state index contributed by atoms with van der Waals surface area (Å²) in [6.07, 6.45) is 3.36. The molecule has 210 valence electrons. The molecule has 1 aliphatic heterocycles. The maximum absolute atomic E-state index is 13.9. The number of carboxylic acids is 1. The number of hydrogen-bond acceptors (Lipinski definition) is 9. The van der Waals surface area contributed by atoms with Gasteiger partial charge in [0.2, 0.25) is 0 Å². The highest BCUT2D eigenvalue weighted by molar-refractivity contribution is 14.1. The smallest absolute Gasteiger partial charge is 0.341 e. The van der Waals surface area contributed by atoms with Gasteiger partial charge < -0.3 is 19.3 Å². The van der Waals surface area contributed by atoms with Crippen molar-refractivity contribution in [3.63, 3.8) is 0 Å². The Bertz CT molecular complexity index is 1670. The van der Waals surface area contributed by atoms with Crippen LogP contribution in [0.4, 0.5) is 0 Å². The van der Waals surface area contributed by atoms with E-state index in [1.807, 2.05) is 53.1 Å². The summed E-state index contributed by atoms with van der Waals surface area (Å²) in [7, 11) is 1.46. The molecule has 0 fully saturated rings. The van der Waals surface area contributed by atoms with Gasteiger partial charge in [0.15, 0.2) is 22.9 Å². The van der Waals surface area contributed by atoms with Gasteiger partial charge in [-0.1, -0.05) is 23.5 Å². The first kappa shape index (κ1) is 29.9. The zero-order chi connectivity index (χ0) is 29.1. The zero-order valence-electron chi connectivity index (χ0n) is 22.4. The summed E-state index contributed by atoms with van der Waals surface area (Å²) in [6.45, 7) is 4.79. The topological polar surface area (TPSA) is 116 Å². The molecule has 0 saturated carbocycles. The molecule has 1 aromatic heterocycles. The Hall–Kier alpha value is -3.10. The molecular weight excluding hydrogens is 667 g/mol. The predicted molar refractivity (Wildman–Crippen MR) is 162 cm³/mol. The van der Waals surface area contributed by atoms with Gasteiger partial charge in [-0.25, -0.2) is 14.6 Å². The molecule has 0 radical (unpaired) electrons. The molecule has 0 saturated heterocycles. The number of esters is 1. The number of aliphatic carboxylic acids is 1. The molecular formula is C28H27IN2O7S2. The monoisotopic (exact) mass is 694 g/mol. The number of allylic oxidation sites excluding steroid dienone is 1. The molecule has 0 unspecified atom stereocenters. The van der Waals surface area contributed by atoms with Crippen LogP contribution < -0.4 is 24.4 Å². The molecule has 0 aliphatic carbocycles. The Balaban J connectivity index is 1.88. The number of rotatable bonds is 9. The van der Waals surface area contributed by atoms with Gasteiger partial charge in [0.1, 0.15) is 0 Å². The van der Waals surface area contributed by atoms with Gasteiger partial charge in [-0.2, -0.15) is 0 Å². The Morgan fingerprint density at radius 2 is 1.95 bits per heavy atom. The minimum Gasteiger partial charge on any atom is -0.493 e. The quantitative estimate of drug-likeness (QED) is 0.203. The van der Waals surface area contributed by atoms with Crippen molar-refractivity contribution in [3.8, 4) is 11.5 Å². The van der Waals surface area contributed by atoms with Crippen LogP contribution in [0.2, 0.25) is 0 Å². The molecule has 0 spiro atoms. The summed E-state index contributed by atoms with van der Waals surface area (Å²) in [6, 6.07) is 10.5. The molecule has 9 nitrogen and oxygen atoms in total. The number of thioether (sulfide) groups is 1. The van der Waals surface area contributed by atoms with E-state index in [4.69, 9.17) is 19.3 Å². The normalized spacial score (nSPS) is 15.1. The standard InChI is InChI=1S/C28H27IN2O7S2/c1-14(2)38-27(35)23-15(3)30-28-31(24(23)17-6-8-18(39-5)9-7-17)26(34)21(40-28)12-16-10-19(29)25(20(11-16)36-4)37-13-22(32)33/h6-12,14,24H,13H2,1-5H3,(H,32,33)/b21-12-/t24-/m0/s1. The summed E-state index contributed by atoms with van der Waals surface area (Å²) >= 11 is 4.85. The molecule has 1 N–H and O–H groups in total. The fraction of sp³-hybridized carbons (Fsp3) is 0.286. The third-order valence-corrected chi connectivity index (χ3v) is 8.43. The van der Waals surface area contributed by atoms with Crippen molar-refractivity contribution in [1.82, 2.24) is 4.57 Å². The van der Waals surface area contributed by atoms with Crippen LogP contribution in [-0.4, -0.2) is 47.7 Å². The fourth-order valence-corrected chi connectivity index (χ4v) is 6.45. The molecule has 2 aromatic carbocycles. The van der Waals surface area contributed by atoms with E-state index in [-0.39, 0.29) is 11.7 Å². The highest BCUT2D eigenvalue weighted by Crippen LogP contribution is 2.35. The van der Waals surface area contributed by atoms with Crippen molar-refractivity contribution in [3.05, 3.63) is 82.1 Å². The average Bonchev–Trinajstić information content (AvgIpc) is 3.20. The van der Waals surface area contributed by atoms with E-state index in [1.165, 1.54) is 18.4 Å². The second kappa shape index (κ2) is 12.6. The number of carbonyl (C=O) groups is 2. The lowest BCUT2D eigenvalue weighted by atomic mass is 9.96. The number of hydrogen-bond donors (Lipinski definition) is 1. The molecule has 3 aromatic rings. The second-order valence-electron chi connectivity index (χ2n) is 9.03. The number of methoxy groups -OCH3 is 1. The molecule has 0 amide bonds. The van der Waals surface area contributed by atoms with Gasteiger partial charge in [-0.3, -0.25) is 9.36 Å². The summed E-state index contributed by atoms with van der Waals surface area (Å²) < 4.78 is 19.0. The number of nitrogens with zero attached hydrogens (tertiary/aromatic N) is 2. The van der Waals surface area contributed by atoms with Gasteiger partial charge in [0.25, 0.3) is 5.56 Å². The maximum atomic E-state index is 13.9. The first-order valence-electron chi connectivity index (χ1n) is 12.1. The second-order valence-corrected chi connectivity index (χ2v) is 12.1. The third-order valence-electron chi connectivity index (χ3n) is 5.91. The first-order valence-corrected chi connectivity index (χ1v) is 15.3. The molecule has 1 aliphatic rings. The predicted octanol–water partition coefficient (Wildman–Crippen LogP) is 3.99. The van der Waals surface area contributed by atoms with Crippen LogP contribution in [0.15, 0.2) is 62.4 Å². The molecule has 40 heavy (non-hydrogen) atoms. The van der Waals surface area contributed by atoms with E-state index in [0.717, 1.165) is 10.5 Å². The molecule has 2 heterocycles. The minimum absolute atomic E-state index is 0.301. The van der Waals surface area contributed by atoms with E-state index in [9.17, 15) is 14.4 Å². The fourth-order valence-electron chi connectivity index (χ4n) is 4.21. The summed E-state index contributed by atoms with van der Waals surface area (Å²) in [5.41, 5.74) is 1.94. The van der Waals surface area contributed by atoms with Crippen LogP contribution >= 0.6 is 45.7 Å². The van der Waals surface area contributed by atoms with E-state index >= 15 is 0 Å². The highest BCUT2D eigenvalue weighted by atomic mass is 127. The van der Waals surface area contributed by atoms with Gasteiger partial charge in [-0.15, -0.1) is 11.8 Å². The van der Waals surface area contributed by atoms with Gasteiger partial charge >= 0.3 is 11.9 Å². The molecule has 1 atom stereocenters. The van der Waals surface area contributed by atoms with Gasteiger partial charge in [0.05, 0.1) is 38.6 Å². The van der Waals surface area contributed by atoms with Crippen molar-refractivity contribution >= 4 is 63.7 Å². The molecule has 0 bridgehead atoms. The van der Waals surface area contributed by atoms with Crippen molar-refractivity contribution in [1.29, 1.82) is 0 Å². The van der Waals surface area contributed by atoms with Crippen molar-refractivity contribution in [2.75, 3.05) is 20.0 Å². The summed E-state index contributed by atoms with van der Waals surface area (Å²) in [5.74, 6) is -0.969. The molecule has 12 heteroatoms. The van der Waals surface area contributed by atoms with Crippen LogP contribution in [-0.2, 0) is 14.3 Å². The maximum Gasteiger partial charge on any atom is 0.341 e. The van der Waals surface area contributed by atoms with Crippen LogP contribution in [0, 0.1) is 3.57 Å².